The van der Waals surface area contributed by atoms with Crippen molar-refractivity contribution >= 4 is 51.1 Å². The minimum Gasteiger partial charge on any atom is -0.355 e. The number of nitrogens with zero attached hydrogens (tertiary/aromatic N) is 1. The minimum atomic E-state index is 0.578. The molecule has 172 valence electrons. The summed E-state index contributed by atoms with van der Waals surface area (Å²) in [6.07, 6.45) is 15.0. The van der Waals surface area contributed by atoms with Gasteiger partial charge in [0, 0.05) is 50.5 Å². The molecule has 1 aliphatic rings. The number of nitrogens with two attached hydrogens (primary N) is 1. The van der Waals surface area contributed by atoms with Crippen LogP contribution in [0.4, 0.5) is 0 Å². The Hall–Kier alpha value is -3.82. The first-order chi connectivity index (χ1) is 16.9. The van der Waals surface area contributed by atoms with Gasteiger partial charge < -0.3 is 15.3 Å². The molecule has 3 nitrogen and oxygen atoms in total. The fraction of sp³-hybridized carbons (Fsp3) is 0.161. The Morgan fingerprint density at radius 2 is 1.35 bits per heavy atom. The topological polar surface area (TPSA) is 46.7 Å². The van der Waals surface area contributed by atoms with E-state index in [0.29, 0.717) is 6.54 Å². The number of allylic oxidation sites excluding steroid dienone is 2. The summed E-state index contributed by atoms with van der Waals surface area (Å²) in [6, 6.07) is 25.3. The lowest BCUT2D eigenvalue weighted by molar-refractivity contribution is 1.06. The fourth-order valence-electron chi connectivity index (χ4n) is 4.43. The molecule has 3 heteroatoms. The predicted molar refractivity (Wildman–Crippen MR) is 150 cm³/mol. The summed E-state index contributed by atoms with van der Waals surface area (Å²) < 4.78 is 2.27. The van der Waals surface area contributed by atoms with E-state index in [-0.39, 0.29) is 0 Å². The van der Waals surface area contributed by atoms with Gasteiger partial charge in [0.15, 0.2) is 0 Å². The van der Waals surface area contributed by atoms with Gasteiger partial charge in [-0.1, -0.05) is 92.7 Å². The number of para-hydroxylation sites is 3. The molecule has 0 saturated carbocycles. The van der Waals surface area contributed by atoms with E-state index in [0.717, 1.165) is 12.8 Å². The quantitative estimate of drug-likeness (QED) is 0.312. The van der Waals surface area contributed by atoms with Crippen LogP contribution in [0.25, 0.3) is 51.1 Å². The van der Waals surface area contributed by atoms with Crippen molar-refractivity contribution in [3.05, 3.63) is 102 Å². The molecule has 0 saturated heterocycles. The van der Waals surface area contributed by atoms with Gasteiger partial charge in [0.05, 0.1) is 5.52 Å². The zero-order valence-corrected chi connectivity index (χ0v) is 20.0. The second kappa shape index (κ2) is 11.4. The maximum atomic E-state index is 5.45. The minimum absolute atomic E-state index is 0.578. The Bertz CT molecular complexity index is 1510. The fourth-order valence-corrected chi connectivity index (χ4v) is 4.43. The average molecular weight is 448 g/mol. The summed E-state index contributed by atoms with van der Waals surface area (Å²) in [5, 5.41) is 6.62. The van der Waals surface area contributed by atoms with Crippen LogP contribution in [0, 0.1) is 0 Å². The summed E-state index contributed by atoms with van der Waals surface area (Å²) in [5.74, 6) is 0. The van der Waals surface area contributed by atoms with Crippen LogP contribution in [0.1, 0.15) is 26.7 Å². The van der Waals surface area contributed by atoms with E-state index in [2.05, 4.69) is 101 Å². The standard InChI is InChI=1S/C17H18N2.C12H9N.C2H6/c18-12-6-1-7-13-19-16-10-4-2-8-14(16)15-9-3-5-11-17(15)19;1-3-7-11-9(5-1)10-6-2-4-8-12(10)13-11;1-2/h1-2,4,6-11,13H,3,5,12,18H2;1-8,13H;1-2H3/b6-1-,13-7-;;. The molecule has 3 N–H and O–H groups in total. The van der Waals surface area contributed by atoms with E-state index in [4.69, 9.17) is 5.73 Å². The van der Waals surface area contributed by atoms with Crippen molar-refractivity contribution in [1.82, 2.24) is 9.55 Å². The van der Waals surface area contributed by atoms with Crippen molar-refractivity contribution < 1.29 is 0 Å². The molecule has 0 bridgehead atoms. The number of aromatic nitrogens is 2. The van der Waals surface area contributed by atoms with E-state index < -0.39 is 0 Å². The molecule has 5 aromatic rings. The predicted octanol–water partition coefficient (Wildman–Crippen LogP) is 6.33. The van der Waals surface area contributed by atoms with Crippen molar-refractivity contribution in [3.8, 4) is 0 Å². The molecule has 0 fully saturated rings. The Morgan fingerprint density at radius 3 is 2.03 bits per heavy atom. The van der Waals surface area contributed by atoms with E-state index in [1.54, 1.807) is 0 Å². The number of benzene rings is 3. The van der Waals surface area contributed by atoms with E-state index in [1.165, 1.54) is 43.3 Å². The van der Waals surface area contributed by atoms with Crippen LogP contribution in [-0.4, -0.2) is 16.1 Å². The van der Waals surface area contributed by atoms with Gasteiger partial charge in [-0.05, 0) is 37.1 Å². The van der Waals surface area contributed by atoms with E-state index >= 15 is 0 Å². The Labute approximate surface area is 201 Å². The largest absolute Gasteiger partial charge is 0.355 e. The van der Waals surface area contributed by atoms with Crippen LogP contribution in [0.5, 0.6) is 0 Å². The monoisotopic (exact) mass is 447 g/mol. The van der Waals surface area contributed by atoms with Crippen LogP contribution in [0.2, 0.25) is 0 Å². The van der Waals surface area contributed by atoms with Crippen LogP contribution in [0.3, 0.4) is 0 Å². The molecule has 3 aromatic carbocycles. The molecule has 0 atom stereocenters. The van der Waals surface area contributed by atoms with Gasteiger partial charge in [0.1, 0.15) is 0 Å². The van der Waals surface area contributed by atoms with Crippen molar-refractivity contribution in [2.45, 2.75) is 26.7 Å². The highest BCUT2D eigenvalue weighted by Gasteiger charge is 2.06. The number of fused-ring (bicyclic) bond motifs is 6. The first-order valence-corrected chi connectivity index (χ1v) is 12.1. The van der Waals surface area contributed by atoms with Crippen LogP contribution < -0.4 is 16.3 Å². The Kier molecular flexibility index (Phi) is 7.79. The van der Waals surface area contributed by atoms with E-state index in [1.807, 2.05) is 32.1 Å². The number of hydrogen-bond donors (Lipinski definition) is 2. The lowest BCUT2D eigenvalue weighted by Crippen LogP contribution is -2.28. The van der Waals surface area contributed by atoms with Crippen molar-refractivity contribution in [2.75, 3.05) is 6.54 Å². The number of aromatic amines is 1. The Balaban J connectivity index is 0.000000159. The highest BCUT2D eigenvalue weighted by atomic mass is 14.9. The highest BCUT2D eigenvalue weighted by molar-refractivity contribution is 6.06. The maximum Gasteiger partial charge on any atom is 0.0534 e. The summed E-state index contributed by atoms with van der Waals surface area (Å²) in [6.45, 7) is 4.58. The van der Waals surface area contributed by atoms with Gasteiger partial charge in [-0.3, -0.25) is 0 Å². The molecule has 0 aliphatic heterocycles. The molecular weight excluding hydrogens is 414 g/mol. The summed E-state index contributed by atoms with van der Waals surface area (Å²) in [5.41, 5.74) is 9.14. The molecule has 0 amide bonds. The molecular formula is C31H33N3. The average Bonchev–Trinajstić information content (AvgIpc) is 3.44. The molecule has 0 spiro atoms. The smallest absolute Gasteiger partial charge is 0.0534 e. The van der Waals surface area contributed by atoms with Gasteiger partial charge in [0.25, 0.3) is 0 Å². The van der Waals surface area contributed by atoms with Crippen LogP contribution >= 0.6 is 0 Å². The zero-order chi connectivity index (χ0) is 23.8. The molecule has 0 unspecified atom stereocenters. The second-order valence-electron chi connectivity index (χ2n) is 7.89. The number of rotatable bonds is 3. The third-order valence-electron chi connectivity index (χ3n) is 5.87. The number of H-pyrrole nitrogens is 1. The van der Waals surface area contributed by atoms with Crippen LogP contribution in [0.15, 0.2) is 91.0 Å². The summed E-state index contributed by atoms with van der Waals surface area (Å²) >= 11 is 0. The summed E-state index contributed by atoms with van der Waals surface area (Å²) in [4.78, 5) is 3.38. The van der Waals surface area contributed by atoms with Crippen LogP contribution in [-0.2, 0) is 0 Å². The molecule has 1 aliphatic carbocycles. The first kappa shape index (κ1) is 23.3. The first-order valence-electron chi connectivity index (χ1n) is 12.1. The summed E-state index contributed by atoms with van der Waals surface area (Å²) in [7, 11) is 0. The van der Waals surface area contributed by atoms with Crippen molar-refractivity contribution in [1.29, 1.82) is 0 Å². The molecule has 34 heavy (non-hydrogen) atoms. The Morgan fingerprint density at radius 1 is 0.765 bits per heavy atom. The van der Waals surface area contributed by atoms with Crippen molar-refractivity contribution in [3.63, 3.8) is 0 Å². The molecule has 2 heterocycles. The van der Waals surface area contributed by atoms with Gasteiger partial charge in [0.2, 0.25) is 0 Å². The molecule has 0 radical (unpaired) electrons. The third kappa shape index (κ3) is 4.75. The molecule has 2 aromatic heterocycles. The number of nitrogens with one attached hydrogen (secondary N) is 1. The highest BCUT2D eigenvalue weighted by Crippen LogP contribution is 2.24. The number of hydrogen-bond acceptors (Lipinski definition) is 1. The lowest BCUT2D eigenvalue weighted by Gasteiger charge is -1.99. The van der Waals surface area contributed by atoms with Gasteiger partial charge >= 0.3 is 0 Å². The van der Waals surface area contributed by atoms with Crippen molar-refractivity contribution in [2.24, 2.45) is 5.73 Å². The molecule has 6 rings (SSSR count). The van der Waals surface area contributed by atoms with Gasteiger partial charge in [-0.15, -0.1) is 0 Å². The SMILES string of the molecule is CC.NC/C=C\C=C/n1c2c(c3ccccc31)=CCCC=2.c1ccc2c(c1)[nH]c1ccccc12. The van der Waals surface area contributed by atoms with Gasteiger partial charge in [-0.25, -0.2) is 0 Å². The maximum absolute atomic E-state index is 5.45. The third-order valence-corrected chi connectivity index (χ3v) is 5.87. The second-order valence-corrected chi connectivity index (χ2v) is 7.89. The lowest BCUT2D eigenvalue weighted by atomic mass is 10.1. The van der Waals surface area contributed by atoms with Gasteiger partial charge in [-0.2, -0.15) is 0 Å². The zero-order valence-electron chi connectivity index (χ0n) is 20.0. The van der Waals surface area contributed by atoms with E-state index in [9.17, 15) is 0 Å². The normalized spacial score (nSPS) is 12.7.